The summed E-state index contributed by atoms with van der Waals surface area (Å²) in [6.07, 6.45) is 5.81. The third kappa shape index (κ3) is 2.16. The summed E-state index contributed by atoms with van der Waals surface area (Å²) in [6.45, 7) is 2.07. The molecule has 0 amide bonds. The van der Waals surface area contributed by atoms with Gasteiger partial charge in [-0.2, -0.15) is 0 Å². The second-order valence-electron chi connectivity index (χ2n) is 7.99. The number of esters is 1. The minimum Gasteiger partial charge on any atom is -0.481 e. The Morgan fingerprint density at radius 2 is 2.12 bits per heavy atom. The lowest BCUT2D eigenvalue weighted by atomic mass is 9.49. The summed E-state index contributed by atoms with van der Waals surface area (Å²) in [4.78, 5) is 36.2. The molecule has 2 fully saturated rings. The normalized spacial score (nSPS) is 42.1. The average Bonchev–Trinajstić information content (AvgIpc) is 2.60. The molecule has 0 radical (unpaired) electrons. The molecule has 6 bridgehead atoms. The maximum atomic E-state index is 12.8. The predicted octanol–water partition coefficient (Wildman–Crippen LogP) is 1.97. The van der Waals surface area contributed by atoms with Crippen molar-refractivity contribution in [3.05, 3.63) is 23.5 Å². The largest absolute Gasteiger partial charge is 0.481 e. The van der Waals surface area contributed by atoms with Crippen LogP contribution in [0.4, 0.5) is 0 Å². The fourth-order valence-corrected chi connectivity index (χ4v) is 5.69. The number of carbonyl (C=O) groups is 3. The van der Waals surface area contributed by atoms with E-state index in [-0.39, 0.29) is 48.1 Å². The Kier molecular flexibility index (Phi) is 3.48. The Hall–Kier alpha value is -1.95. The standard InChI is InChI=1S/C19H22O6/c1-18-8-7-14(20)16-13(18)3-2-10-11(18)6-9-19(24,17(23)25-16)12(10)4-5-15(21)22/h7-8,10-12,24H,2-6,9H2,1H3,(H,21,22)/t10?,11-,12-,18+,19+/m0/s1. The topological polar surface area (TPSA) is 101 Å². The van der Waals surface area contributed by atoms with E-state index in [9.17, 15) is 19.5 Å². The lowest BCUT2D eigenvalue weighted by molar-refractivity contribution is -0.181. The summed E-state index contributed by atoms with van der Waals surface area (Å²) < 4.78 is 5.46. The van der Waals surface area contributed by atoms with Gasteiger partial charge >= 0.3 is 11.9 Å². The van der Waals surface area contributed by atoms with Crippen molar-refractivity contribution in [3.8, 4) is 0 Å². The van der Waals surface area contributed by atoms with Crippen molar-refractivity contribution >= 4 is 17.7 Å². The van der Waals surface area contributed by atoms with E-state index in [0.29, 0.717) is 12.8 Å². The first-order valence-electron chi connectivity index (χ1n) is 8.91. The predicted molar refractivity (Wildman–Crippen MR) is 86.1 cm³/mol. The fourth-order valence-electron chi connectivity index (χ4n) is 5.69. The summed E-state index contributed by atoms with van der Waals surface area (Å²) >= 11 is 0. The molecule has 134 valence electrons. The summed E-state index contributed by atoms with van der Waals surface area (Å²) in [7, 11) is 0. The molecule has 25 heavy (non-hydrogen) atoms. The minimum absolute atomic E-state index is 0.0385. The molecule has 0 aromatic heterocycles. The van der Waals surface area contributed by atoms with E-state index < -0.39 is 23.5 Å². The van der Waals surface area contributed by atoms with E-state index in [2.05, 4.69) is 6.92 Å². The van der Waals surface area contributed by atoms with Crippen molar-refractivity contribution < 1.29 is 29.3 Å². The Morgan fingerprint density at radius 3 is 2.84 bits per heavy atom. The Bertz CT molecular complexity index is 734. The Labute approximate surface area is 145 Å². The highest BCUT2D eigenvalue weighted by Gasteiger charge is 2.61. The zero-order valence-corrected chi connectivity index (χ0v) is 14.2. The van der Waals surface area contributed by atoms with Gasteiger partial charge in [0.2, 0.25) is 5.78 Å². The van der Waals surface area contributed by atoms with E-state index in [4.69, 9.17) is 9.84 Å². The van der Waals surface area contributed by atoms with Crippen molar-refractivity contribution in [1.82, 2.24) is 0 Å². The Balaban J connectivity index is 1.86. The fraction of sp³-hybridized carbons (Fsp3) is 0.632. The number of carboxylic acids is 1. The maximum Gasteiger partial charge on any atom is 0.343 e. The van der Waals surface area contributed by atoms with Gasteiger partial charge in [0.05, 0.1) is 0 Å². The van der Waals surface area contributed by atoms with Gasteiger partial charge in [-0.05, 0) is 55.6 Å². The van der Waals surface area contributed by atoms with Gasteiger partial charge in [0.15, 0.2) is 11.4 Å². The van der Waals surface area contributed by atoms with Crippen LogP contribution in [-0.2, 0) is 19.1 Å². The first-order chi connectivity index (χ1) is 11.8. The van der Waals surface area contributed by atoms with Gasteiger partial charge in [0, 0.05) is 17.8 Å². The molecule has 2 heterocycles. The smallest absolute Gasteiger partial charge is 0.343 e. The Morgan fingerprint density at radius 1 is 1.36 bits per heavy atom. The van der Waals surface area contributed by atoms with Crippen molar-refractivity contribution in [3.63, 3.8) is 0 Å². The molecule has 0 aromatic rings. The molecule has 1 unspecified atom stereocenters. The molecular formula is C19H22O6. The maximum absolute atomic E-state index is 12.8. The number of ether oxygens (including phenoxy) is 1. The highest BCUT2D eigenvalue weighted by Crippen LogP contribution is 2.61. The zero-order valence-electron chi connectivity index (χ0n) is 14.2. The summed E-state index contributed by atoms with van der Waals surface area (Å²) in [5.41, 5.74) is -1.23. The van der Waals surface area contributed by atoms with Crippen LogP contribution in [0.2, 0.25) is 0 Å². The number of hydrogen-bond acceptors (Lipinski definition) is 5. The first kappa shape index (κ1) is 16.5. The highest BCUT2D eigenvalue weighted by atomic mass is 16.6. The average molecular weight is 346 g/mol. The number of rotatable bonds is 3. The van der Waals surface area contributed by atoms with Crippen molar-refractivity contribution in [2.45, 2.75) is 51.0 Å². The van der Waals surface area contributed by atoms with E-state index in [1.807, 2.05) is 6.08 Å². The molecule has 5 rings (SSSR count). The number of hydrogen-bond donors (Lipinski definition) is 2. The number of allylic oxidation sites excluding steroid dienone is 3. The van der Waals surface area contributed by atoms with Crippen molar-refractivity contribution in [2.24, 2.45) is 23.2 Å². The third-order valence-corrected chi connectivity index (χ3v) is 6.93. The number of ketones is 1. The van der Waals surface area contributed by atoms with Gasteiger partial charge in [-0.3, -0.25) is 9.59 Å². The van der Waals surface area contributed by atoms with Gasteiger partial charge in [-0.1, -0.05) is 13.0 Å². The van der Waals surface area contributed by atoms with E-state index in [1.54, 1.807) is 0 Å². The van der Waals surface area contributed by atoms with Gasteiger partial charge in [0.1, 0.15) is 0 Å². The van der Waals surface area contributed by atoms with Crippen molar-refractivity contribution in [2.75, 3.05) is 0 Å². The van der Waals surface area contributed by atoms with Crippen LogP contribution < -0.4 is 0 Å². The summed E-state index contributed by atoms with van der Waals surface area (Å²) in [5, 5.41) is 20.3. The van der Waals surface area contributed by atoms with Crippen LogP contribution in [0, 0.1) is 23.2 Å². The molecule has 2 aliphatic heterocycles. The van der Waals surface area contributed by atoms with E-state index in [0.717, 1.165) is 12.0 Å². The van der Waals surface area contributed by atoms with Gasteiger partial charge in [0.25, 0.3) is 0 Å². The summed E-state index contributed by atoms with van der Waals surface area (Å²) in [6, 6.07) is 0. The van der Waals surface area contributed by atoms with Crippen LogP contribution in [0.5, 0.6) is 0 Å². The SMILES string of the molecule is C[C@]12C=CC(=O)C3=C1CCC1[C@@H]2CC[C@](O)(C(=O)O3)[C@H]1CCC(=O)O. The van der Waals surface area contributed by atoms with Gasteiger partial charge in [-0.15, -0.1) is 0 Å². The number of carbonyl (C=O) groups excluding carboxylic acids is 2. The van der Waals surface area contributed by atoms with E-state index >= 15 is 0 Å². The zero-order chi connectivity index (χ0) is 18.0. The van der Waals surface area contributed by atoms with Gasteiger partial charge < -0.3 is 14.9 Å². The number of aliphatic carboxylic acids is 1. The molecular weight excluding hydrogens is 324 g/mol. The van der Waals surface area contributed by atoms with Gasteiger partial charge in [-0.25, -0.2) is 4.79 Å². The monoisotopic (exact) mass is 346 g/mol. The highest BCUT2D eigenvalue weighted by molar-refractivity contribution is 6.06. The molecule has 0 spiro atoms. The van der Waals surface area contributed by atoms with Crippen LogP contribution >= 0.6 is 0 Å². The lowest BCUT2D eigenvalue weighted by Crippen LogP contribution is -2.56. The second-order valence-corrected chi connectivity index (χ2v) is 7.99. The van der Waals surface area contributed by atoms with Crippen LogP contribution in [0.3, 0.4) is 0 Å². The molecule has 5 atom stereocenters. The molecule has 0 saturated heterocycles. The van der Waals surface area contributed by atoms with Crippen LogP contribution in [0.1, 0.15) is 45.4 Å². The molecule has 0 aromatic carbocycles. The molecule has 2 N–H and O–H groups in total. The molecule has 6 nitrogen and oxygen atoms in total. The van der Waals surface area contributed by atoms with Crippen molar-refractivity contribution in [1.29, 1.82) is 0 Å². The third-order valence-electron chi connectivity index (χ3n) is 6.93. The van der Waals surface area contributed by atoms with Crippen LogP contribution in [0.25, 0.3) is 0 Å². The number of carboxylic acid groups (broad SMARTS) is 1. The second kappa shape index (κ2) is 5.27. The lowest BCUT2D eigenvalue weighted by Gasteiger charge is -2.54. The molecule has 6 heteroatoms. The molecule has 5 aliphatic rings. The summed E-state index contributed by atoms with van der Waals surface area (Å²) in [5.74, 6) is -2.24. The first-order valence-corrected chi connectivity index (χ1v) is 8.91. The van der Waals surface area contributed by atoms with Crippen LogP contribution in [-0.4, -0.2) is 33.5 Å². The quantitative estimate of drug-likeness (QED) is 0.758. The number of aliphatic hydroxyl groups is 1. The molecule has 3 aliphatic carbocycles. The minimum atomic E-state index is -1.72. The number of fused-ring (bicyclic) bond motifs is 3. The molecule has 2 saturated carbocycles. The van der Waals surface area contributed by atoms with Crippen LogP contribution in [0.15, 0.2) is 23.5 Å². The van der Waals surface area contributed by atoms with E-state index in [1.165, 1.54) is 6.08 Å².